The Morgan fingerprint density at radius 2 is 1.46 bits per heavy atom. The van der Waals surface area contributed by atoms with Gasteiger partial charge in [-0.3, -0.25) is 9.59 Å². The van der Waals surface area contributed by atoms with Crippen LogP contribution in [0.2, 0.25) is 0 Å². The predicted octanol–water partition coefficient (Wildman–Crippen LogP) is 0.954. The minimum Gasteiger partial charge on any atom is -0.306 e. The van der Waals surface area contributed by atoms with E-state index >= 15 is 0 Å². The average molecular weight is 195 g/mol. The van der Waals surface area contributed by atoms with Crippen molar-refractivity contribution in [3.05, 3.63) is 35.4 Å². The summed E-state index contributed by atoms with van der Waals surface area (Å²) in [6.07, 6.45) is 0. The molecular formula is C8H6NO3P. The van der Waals surface area contributed by atoms with Crippen LogP contribution in [0.3, 0.4) is 0 Å². The highest BCUT2D eigenvalue weighted by atomic mass is 31.1. The molecule has 1 unspecified atom stereocenters. The van der Waals surface area contributed by atoms with Crippen LogP contribution in [0.1, 0.15) is 20.7 Å². The third kappa shape index (κ3) is 1.03. The second-order valence-corrected chi connectivity index (χ2v) is 3.36. The summed E-state index contributed by atoms with van der Waals surface area (Å²) in [5.74, 6) is -0.906. The van der Waals surface area contributed by atoms with Gasteiger partial charge in [-0.1, -0.05) is 12.1 Å². The van der Waals surface area contributed by atoms with E-state index in [2.05, 4.69) is 0 Å². The third-order valence-electron chi connectivity index (χ3n) is 1.93. The topological polar surface area (TPSA) is 54.5 Å². The Hall–Kier alpha value is -1.41. The SMILES string of the molecule is O=[PH2]N1C(=O)c2ccccc2C1=O. The van der Waals surface area contributed by atoms with Crippen LogP contribution in [0.25, 0.3) is 0 Å². The quantitative estimate of drug-likeness (QED) is 0.495. The van der Waals surface area contributed by atoms with Crippen molar-refractivity contribution in [3.63, 3.8) is 0 Å². The van der Waals surface area contributed by atoms with Gasteiger partial charge in [0.1, 0.15) is 0 Å². The van der Waals surface area contributed by atoms with Gasteiger partial charge in [0.2, 0.25) is 0 Å². The first-order chi connectivity index (χ1) is 6.25. The standard InChI is InChI=1S/C8H6NO3P/c10-7-5-3-1-2-4-6(5)8(11)9(7)13-12/h1-4H,13H2. The van der Waals surface area contributed by atoms with Gasteiger partial charge in [0.25, 0.3) is 11.8 Å². The number of benzene rings is 1. The lowest BCUT2D eigenvalue weighted by atomic mass is 10.1. The normalized spacial score (nSPS) is 15.8. The minimum atomic E-state index is -1.52. The van der Waals surface area contributed by atoms with Crippen LogP contribution >= 0.6 is 8.61 Å². The lowest BCUT2D eigenvalue weighted by Crippen LogP contribution is -2.18. The molecule has 2 rings (SSSR count). The van der Waals surface area contributed by atoms with Crippen molar-refractivity contribution in [2.24, 2.45) is 0 Å². The van der Waals surface area contributed by atoms with E-state index in [-0.39, 0.29) is 0 Å². The molecule has 4 nitrogen and oxygen atoms in total. The molecule has 1 heterocycles. The van der Waals surface area contributed by atoms with Crippen LogP contribution in [0, 0.1) is 0 Å². The molecular weight excluding hydrogens is 189 g/mol. The lowest BCUT2D eigenvalue weighted by molar-refractivity contribution is 0.0770. The van der Waals surface area contributed by atoms with Crippen LogP contribution in [0.4, 0.5) is 0 Å². The molecule has 0 saturated carbocycles. The minimum absolute atomic E-state index is 0.343. The highest BCUT2D eigenvalue weighted by molar-refractivity contribution is 7.23. The van der Waals surface area contributed by atoms with E-state index < -0.39 is 20.4 Å². The third-order valence-corrected chi connectivity index (χ3v) is 2.61. The van der Waals surface area contributed by atoms with Crippen LogP contribution in [0.15, 0.2) is 24.3 Å². The van der Waals surface area contributed by atoms with Crippen LogP contribution in [0.5, 0.6) is 0 Å². The summed E-state index contributed by atoms with van der Waals surface area (Å²) in [6, 6.07) is 6.47. The molecule has 1 atom stereocenters. The zero-order chi connectivity index (χ0) is 9.42. The Balaban J connectivity index is 2.63. The maximum absolute atomic E-state index is 11.4. The summed E-state index contributed by atoms with van der Waals surface area (Å²) in [5, 5.41) is 0. The van der Waals surface area contributed by atoms with Crippen molar-refractivity contribution in [3.8, 4) is 0 Å². The number of carbonyl (C=O) groups excluding carboxylic acids is 2. The van der Waals surface area contributed by atoms with E-state index in [0.29, 0.717) is 11.1 Å². The summed E-state index contributed by atoms with van der Waals surface area (Å²) in [5.41, 5.74) is 0.687. The zero-order valence-electron chi connectivity index (χ0n) is 6.56. The fourth-order valence-corrected chi connectivity index (χ4v) is 1.77. The molecule has 0 spiro atoms. The molecule has 0 saturated heterocycles. The molecule has 13 heavy (non-hydrogen) atoms. The van der Waals surface area contributed by atoms with Crippen LogP contribution in [-0.2, 0) is 4.57 Å². The van der Waals surface area contributed by atoms with E-state index in [0.717, 1.165) is 4.67 Å². The molecule has 0 bridgehead atoms. The van der Waals surface area contributed by atoms with Gasteiger partial charge in [-0.2, -0.15) is 0 Å². The Kier molecular flexibility index (Phi) is 1.78. The van der Waals surface area contributed by atoms with Crippen molar-refractivity contribution < 1.29 is 14.2 Å². The summed E-state index contributed by atoms with van der Waals surface area (Å²) in [6.45, 7) is 0. The molecule has 1 aliphatic rings. The fourth-order valence-electron chi connectivity index (χ4n) is 1.30. The van der Waals surface area contributed by atoms with Crippen molar-refractivity contribution in [2.45, 2.75) is 0 Å². The first-order valence-corrected chi connectivity index (χ1v) is 4.66. The summed E-state index contributed by atoms with van der Waals surface area (Å²) >= 11 is 0. The first-order valence-electron chi connectivity index (χ1n) is 3.68. The van der Waals surface area contributed by atoms with E-state index in [1.54, 1.807) is 24.3 Å². The van der Waals surface area contributed by atoms with Gasteiger partial charge in [-0.25, -0.2) is 4.67 Å². The Bertz CT molecular complexity index is 381. The number of hydrogen-bond donors (Lipinski definition) is 0. The molecule has 0 radical (unpaired) electrons. The van der Waals surface area contributed by atoms with Crippen molar-refractivity contribution in [2.75, 3.05) is 0 Å². The van der Waals surface area contributed by atoms with Gasteiger partial charge >= 0.3 is 0 Å². The molecule has 66 valence electrons. The number of carbonyl (C=O) groups is 2. The molecule has 5 heteroatoms. The maximum atomic E-state index is 11.4. The number of rotatable bonds is 1. The van der Waals surface area contributed by atoms with Crippen molar-refractivity contribution >= 4 is 20.4 Å². The van der Waals surface area contributed by atoms with Crippen LogP contribution in [-0.4, -0.2) is 16.5 Å². The second-order valence-electron chi connectivity index (χ2n) is 2.63. The van der Waals surface area contributed by atoms with Crippen molar-refractivity contribution in [1.29, 1.82) is 0 Å². The molecule has 2 amide bonds. The molecule has 0 aliphatic carbocycles. The van der Waals surface area contributed by atoms with E-state index in [4.69, 9.17) is 0 Å². The lowest BCUT2D eigenvalue weighted by Gasteiger charge is -2.01. The van der Waals surface area contributed by atoms with Gasteiger partial charge in [0, 0.05) is 0 Å². The zero-order valence-corrected chi connectivity index (χ0v) is 7.71. The Morgan fingerprint density at radius 1 is 1.00 bits per heavy atom. The van der Waals surface area contributed by atoms with E-state index in [1.807, 2.05) is 0 Å². The highest BCUT2D eigenvalue weighted by Crippen LogP contribution is 2.26. The van der Waals surface area contributed by atoms with Gasteiger partial charge in [-0.15, -0.1) is 0 Å². The van der Waals surface area contributed by atoms with Crippen LogP contribution < -0.4 is 0 Å². The Labute approximate surface area is 75.4 Å². The number of imide groups is 1. The number of nitrogens with zero attached hydrogens (tertiary/aromatic N) is 1. The van der Waals surface area contributed by atoms with Crippen molar-refractivity contribution in [1.82, 2.24) is 4.67 Å². The summed E-state index contributed by atoms with van der Waals surface area (Å²) in [4.78, 5) is 22.7. The van der Waals surface area contributed by atoms with Gasteiger partial charge in [0.05, 0.1) is 11.1 Å². The number of fused-ring (bicyclic) bond motifs is 1. The highest BCUT2D eigenvalue weighted by Gasteiger charge is 2.33. The number of hydrogen-bond acceptors (Lipinski definition) is 3. The molecule has 1 aromatic carbocycles. The fraction of sp³-hybridized carbons (Fsp3) is 0. The second kappa shape index (κ2) is 2.82. The first kappa shape index (κ1) is 8.20. The average Bonchev–Trinajstić information content (AvgIpc) is 2.41. The maximum Gasteiger partial charge on any atom is 0.266 e. The largest absolute Gasteiger partial charge is 0.306 e. The smallest absolute Gasteiger partial charge is 0.266 e. The molecule has 1 aliphatic heterocycles. The monoisotopic (exact) mass is 195 g/mol. The molecule has 1 aromatic rings. The molecule has 0 N–H and O–H groups in total. The van der Waals surface area contributed by atoms with Gasteiger partial charge < -0.3 is 4.57 Å². The van der Waals surface area contributed by atoms with Gasteiger partial charge in [-0.05, 0) is 12.1 Å². The summed E-state index contributed by atoms with van der Waals surface area (Å²) < 4.78 is 11.4. The number of amides is 2. The Morgan fingerprint density at radius 3 is 1.85 bits per heavy atom. The summed E-state index contributed by atoms with van der Waals surface area (Å²) in [7, 11) is -1.52. The molecule has 0 fully saturated rings. The van der Waals surface area contributed by atoms with E-state index in [1.165, 1.54) is 0 Å². The van der Waals surface area contributed by atoms with Gasteiger partial charge in [0.15, 0.2) is 8.61 Å². The predicted molar refractivity (Wildman–Crippen MR) is 47.3 cm³/mol. The molecule has 0 aromatic heterocycles. The van der Waals surface area contributed by atoms with E-state index in [9.17, 15) is 14.2 Å².